The Labute approximate surface area is 102 Å². The van der Waals surface area contributed by atoms with E-state index in [1.807, 2.05) is 0 Å². The predicted molar refractivity (Wildman–Crippen MR) is 55.0 cm³/mol. The van der Waals surface area contributed by atoms with Crippen LogP contribution in [0.1, 0.15) is 0 Å². The van der Waals surface area contributed by atoms with E-state index in [2.05, 4.69) is 5.32 Å². The number of alkyl halides is 3. The molecule has 0 aromatic rings. The number of likely N-dealkylation sites (N-methyl/N-ethyl adjacent to an activating group) is 1. The van der Waals surface area contributed by atoms with Crippen LogP contribution in [0.3, 0.4) is 0 Å². The van der Waals surface area contributed by atoms with Gasteiger partial charge in [-0.1, -0.05) is 0 Å². The first-order chi connectivity index (χ1) is 8.16. The third kappa shape index (κ3) is 6.40. The van der Waals surface area contributed by atoms with Crippen LogP contribution in [0.4, 0.5) is 13.2 Å². The van der Waals surface area contributed by atoms with E-state index >= 15 is 0 Å². The lowest BCUT2D eigenvalue weighted by Crippen LogP contribution is -2.50. The molecule has 0 aromatic carbocycles. The van der Waals surface area contributed by atoms with Crippen LogP contribution in [-0.2, 0) is 14.3 Å². The van der Waals surface area contributed by atoms with Gasteiger partial charge < -0.3 is 20.1 Å². The number of carbonyl (C=O) groups excluding carboxylic acids is 1. The van der Waals surface area contributed by atoms with Crippen molar-refractivity contribution in [3.8, 4) is 0 Å². The molecule has 0 aliphatic carbocycles. The van der Waals surface area contributed by atoms with Crippen LogP contribution in [0.25, 0.3) is 0 Å². The molecule has 2 N–H and O–H groups in total. The zero-order chi connectivity index (χ0) is 14.3. The molecule has 0 bridgehead atoms. The van der Waals surface area contributed by atoms with Crippen LogP contribution in [0.5, 0.6) is 0 Å². The fraction of sp³-hybridized carbons (Fsp3) is 0.778. The van der Waals surface area contributed by atoms with Gasteiger partial charge in [0.25, 0.3) is 0 Å². The molecule has 18 heavy (non-hydrogen) atoms. The molecule has 1 aliphatic rings. The van der Waals surface area contributed by atoms with Crippen LogP contribution in [0.2, 0.25) is 0 Å². The van der Waals surface area contributed by atoms with Gasteiger partial charge in [-0.15, -0.1) is 0 Å². The number of morpholine rings is 1. The fourth-order valence-corrected chi connectivity index (χ4v) is 1.04. The van der Waals surface area contributed by atoms with Crippen molar-refractivity contribution in [3.63, 3.8) is 0 Å². The van der Waals surface area contributed by atoms with Crippen molar-refractivity contribution in [1.29, 1.82) is 0 Å². The lowest BCUT2D eigenvalue weighted by Gasteiger charge is -2.25. The van der Waals surface area contributed by atoms with E-state index in [1.54, 1.807) is 19.0 Å². The van der Waals surface area contributed by atoms with E-state index in [-0.39, 0.29) is 11.9 Å². The molecule has 1 atom stereocenters. The van der Waals surface area contributed by atoms with Gasteiger partial charge in [0.2, 0.25) is 5.91 Å². The third-order valence-corrected chi connectivity index (χ3v) is 1.90. The first kappa shape index (κ1) is 16.6. The molecular weight excluding hydrogens is 257 g/mol. The molecular formula is C9H15F3N2O4. The van der Waals surface area contributed by atoms with Gasteiger partial charge in [-0.3, -0.25) is 4.79 Å². The highest BCUT2D eigenvalue weighted by Gasteiger charge is 2.38. The minimum Gasteiger partial charge on any atom is -0.475 e. The Balaban J connectivity index is 0.000000360. The van der Waals surface area contributed by atoms with Crippen molar-refractivity contribution < 1.29 is 32.6 Å². The Hall–Kier alpha value is -1.35. The highest BCUT2D eigenvalue weighted by Crippen LogP contribution is 2.13. The zero-order valence-electron chi connectivity index (χ0n) is 9.95. The predicted octanol–water partition coefficient (Wildman–Crippen LogP) is -0.304. The Bertz CT molecular complexity index is 288. The lowest BCUT2D eigenvalue weighted by atomic mass is 10.2. The van der Waals surface area contributed by atoms with Crippen LogP contribution in [0, 0.1) is 0 Å². The van der Waals surface area contributed by atoms with E-state index < -0.39 is 12.1 Å². The number of hydrogen-bond donors (Lipinski definition) is 2. The van der Waals surface area contributed by atoms with Crippen LogP contribution < -0.4 is 5.32 Å². The first-order valence-electron chi connectivity index (χ1n) is 4.98. The molecule has 1 saturated heterocycles. The second-order valence-electron chi connectivity index (χ2n) is 3.62. The van der Waals surface area contributed by atoms with Gasteiger partial charge in [0.05, 0.1) is 13.2 Å². The monoisotopic (exact) mass is 272 g/mol. The Morgan fingerprint density at radius 1 is 1.39 bits per heavy atom. The van der Waals surface area contributed by atoms with E-state index in [0.717, 1.165) is 6.54 Å². The first-order valence-corrected chi connectivity index (χ1v) is 4.98. The summed E-state index contributed by atoms with van der Waals surface area (Å²) >= 11 is 0. The van der Waals surface area contributed by atoms with E-state index in [1.165, 1.54) is 0 Å². The number of carboxylic acids is 1. The maximum Gasteiger partial charge on any atom is 0.490 e. The van der Waals surface area contributed by atoms with Crippen LogP contribution >= 0.6 is 0 Å². The molecule has 1 rings (SSSR count). The van der Waals surface area contributed by atoms with Gasteiger partial charge >= 0.3 is 12.1 Å². The van der Waals surface area contributed by atoms with Crippen molar-refractivity contribution >= 4 is 11.9 Å². The number of carboxylic acid groups (broad SMARTS) is 1. The van der Waals surface area contributed by atoms with E-state index in [4.69, 9.17) is 14.6 Å². The zero-order valence-corrected chi connectivity index (χ0v) is 9.95. The van der Waals surface area contributed by atoms with Gasteiger partial charge in [0, 0.05) is 20.6 Å². The number of ether oxygens (including phenoxy) is 1. The number of rotatable bonds is 1. The molecule has 0 radical (unpaired) electrons. The van der Waals surface area contributed by atoms with Gasteiger partial charge in [0.15, 0.2) is 0 Å². The molecule has 1 heterocycles. The molecule has 0 unspecified atom stereocenters. The second kappa shape index (κ2) is 7.17. The number of nitrogens with one attached hydrogen (secondary N) is 1. The number of amides is 1. The summed E-state index contributed by atoms with van der Waals surface area (Å²) in [6.07, 6.45) is -5.08. The molecule has 1 amide bonds. The fourth-order valence-electron chi connectivity index (χ4n) is 1.04. The minimum absolute atomic E-state index is 0.0877. The molecule has 0 aromatic heterocycles. The van der Waals surface area contributed by atoms with Gasteiger partial charge in [0.1, 0.15) is 6.04 Å². The van der Waals surface area contributed by atoms with Gasteiger partial charge in [-0.2, -0.15) is 13.2 Å². The average molecular weight is 272 g/mol. The number of carbonyl (C=O) groups is 2. The number of hydrogen-bond acceptors (Lipinski definition) is 4. The molecule has 6 nitrogen and oxygen atoms in total. The SMILES string of the molecule is CN(C)C(=O)[C@@H]1COCCN1.O=C(O)C(F)(F)F. The van der Waals surface area contributed by atoms with Crippen molar-refractivity contribution in [3.05, 3.63) is 0 Å². The van der Waals surface area contributed by atoms with Gasteiger partial charge in [-0.05, 0) is 0 Å². The summed E-state index contributed by atoms with van der Waals surface area (Å²) in [5, 5.41) is 10.2. The summed E-state index contributed by atoms with van der Waals surface area (Å²) in [6.45, 7) is 1.97. The van der Waals surface area contributed by atoms with E-state index in [0.29, 0.717) is 13.2 Å². The summed E-state index contributed by atoms with van der Waals surface area (Å²) in [4.78, 5) is 21.8. The normalized spacial score (nSPS) is 19.5. The quantitative estimate of drug-likeness (QED) is 0.685. The standard InChI is InChI=1S/C7H14N2O2.C2HF3O2/c1-9(2)7(10)6-5-11-4-3-8-6;3-2(4,5)1(6)7/h6,8H,3-5H2,1-2H3;(H,6,7)/t6-;/m0./s1. The summed E-state index contributed by atoms with van der Waals surface area (Å²) in [6, 6.07) is -0.140. The molecule has 0 spiro atoms. The highest BCUT2D eigenvalue weighted by atomic mass is 19.4. The largest absolute Gasteiger partial charge is 0.490 e. The summed E-state index contributed by atoms with van der Waals surface area (Å²) in [5.41, 5.74) is 0. The Morgan fingerprint density at radius 3 is 2.17 bits per heavy atom. The van der Waals surface area contributed by atoms with Crippen LogP contribution in [0.15, 0.2) is 0 Å². The Kier molecular flexibility index (Phi) is 6.63. The molecule has 9 heteroatoms. The summed E-state index contributed by atoms with van der Waals surface area (Å²) in [7, 11) is 3.50. The van der Waals surface area contributed by atoms with Crippen molar-refractivity contribution in [1.82, 2.24) is 10.2 Å². The Morgan fingerprint density at radius 2 is 1.89 bits per heavy atom. The van der Waals surface area contributed by atoms with Crippen molar-refractivity contribution in [2.24, 2.45) is 0 Å². The summed E-state index contributed by atoms with van der Waals surface area (Å²) in [5.74, 6) is -2.67. The smallest absolute Gasteiger partial charge is 0.475 e. The second-order valence-corrected chi connectivity index (χ2v) is 3.62. The van der Waals surface area contributed by atoms with Gasteiger partial charge in [-0.25, -0.2) is 4.79 Å². The molecule has 1 fully saturated rings. The van der Waals surface area contributed by atoms with Crippen LogP contribution in [-0.4, -0.2) is 68.0 Å². The molecule has 0 saturated carbocycles. The van der Waals surface area contributed by atoms with Crippen molar-refractivity contribution in [2.75, 3.05) is 33.9 Å². The minimum atomic E-state index is -5.08. The number of nitrogens with zero attached hydrogens (tertiary/aromatic N) is 1. The molecule has 1 aliphatic heterocycles. The van der Waals surface area contributed by atoms with E-state index in [9.17, 15) is 18.0 Å². The third-order valence-electron chi connectivity index (χ3n) is 1.90. The topological polar surface area (TPSA) is 78.9 Å². The average Bonchev–Trinajstić information content (AvgIpc) is 2.28. The lowest BCUT2D eigenvalue weighted by molar-refractivity contribution is -0.192. The number of halogens is 3. The summed E-state index contributed by atoms with van der Waals surface area (Å²) < 4.78 is 36.9. The maximum atomic E-state index is 11.3. The molecule has 106 valence electrons. The van der Waals surface area contributed by atoms with Crippen molar-refractivity contribution in [2.45, 2.75) is 12.2 Å². The number of aliphatic carboxylic acids is 1. The maximum absolute atomic E-state index is 11.3. The highest BCUT2D eigenvalue weighted by molar-refractivity contribution is 5.81.